The van der Waals surface area contributed by atoms with Crippen molar-refractivity contribution >= 4 is 5.97 Å². The van der Waals surface area contributed by atoms with Crippen LogP contribution in [0.2, 0.25) is 0 Å². The standard InChI is InChI=1S/C11H13O3/c1-3-7-14-10-6-4-5-9(8-10)11(12)13-2/h4,6,8H,3,7H2,1-2H3. The Bertz CT molecular complexity index is 307. The first-order valence-corrected chi connectivity index (χ1v) is 4.50. The third kappa shape index (κ3) is 2.76. The van der Waals surface area contributed by atoms with Crippen molar-refractivity contribution in [1.29, 1.82) is 0 Å². The van der Waals surface area contributed by atoms with E-state index in [0.717, 1.165) is 6.42 Å². The van der Waals surface area contributed by atoms with Gasteiger partial charge in [0.15, 0.2) is 0 Å². The average molecular weight is 193 g/mol. The Hall–Kier alpha value is -1.51. The van der Waals surface area contributed by atoms with Gasteiger partial charge in [-0.15, -0.1) is 0 Å². The van der Waals surface area contributed by atoms with E-state index < -0.39 is 5.97 Å². The molecule has 0 spiro atoms. The van der Waals surface area contributed by atoms with Crippen LogP contribution in [-0.4, -0.2) is 19.7 Å². The van der Waals surface area contributed by atoms with E-state index in [1.54, 1.807) is 18.2 Å². The van der Waals surface area contributed by atoms with E-state index in [2.05, 4.69) is 10.8 Å². The summed E-state index contributed by atoms with van der Waals surface area (Å²) in [5.74, 6) is 0.276. The van der Waals surface area contributed by atoms with Gasteiger partial charge in [-0.1, -0.05) is 6.92 Å². The van der Waals surface area contributed by atoms with Crippen LogP contribution in [0.5, 0.6) is 5.75 Å². The van der Waals surface area contributed by atoms with Gasteiger partial charge < -0.3 is 9.47 Å². The average Bonchev–Trinajstić information content (AvgIpc) is 2.25. The van der Waals surface area contributed by atoms with Crippen LogP contribution in [-0.2, 0) is 4.74 Å². The molecule has 0 aliphatic heterocycles. The van der Waals surface area contributed by atoms with Gasteiger partial charge in [-0.2, -0.15) is 0 Å². The van der Waals surface area contributed by atoms with Crippen molar-refractivity contribution in [1.82, 2.24) is 0 Å². The SMILES string of the molecule is CCCOc1cc[c]c(C(=O)OC)c1. The maximum atomic E-state index is 11.1. The van der Waals surface area contributed by atoms with E-state index in [9.17, 15) is 4.79 Å². The van der Waals surface area contributed by atoms with Gasteiger partial charge in [0.05, 0.1) is 19.3 Å². The van der Waals surface area contributed by atoms with Gasteiger partial charge in [0.25, 0.3) is 0 Å². The molecule has 1 aromatic rings. The van der Waals surface area contributed by atoms with Crippen LogP contribution in [0.3, 0.4) is 0 Å². The molecule has 0 amide bonds. The Morgan fingerprint density at radius 3 is 3.00 bits per heavy atom. The van der Waals surface area contributed by atoms with Crippen LogP contribution in [0.1, 0.15) is 23.7 Å². The quantitative estimate of drug-likeness (QED) is 0.686. The van der Waals surface area contributed by atoms with Crippen molar-refractivity contribution in [3.63, 3.8) is 0 Å². The molecule has 0 aliphatic carbocycles. The van der Waals surface area contributed by atoms with E-state index in [-0.39, 0.29) is 0 Å². The van der Waals surface area contributed by atoms with Crippen molar-refractivity contribution < 1.29 is 14.3 Å². The number of esters is 1. The molecule has 3 heteroatoms. The van der Waals surface area contributed by atoms with Crippen molar-refractivity contribution in [2.45, 2.75) is 13.3 Å². The predicted octanol–water partition coefficient (Wildman–Crippen LogP) is 2.06. The largest absolute Gasteiger partial charge is 0.494 e. The van der Waals surface area contributed by atoms with Crippen LogP contribution in [0, 0.1) is 6.07 Å². The van der Waals surface area contributed by atoms with Gasteiger partial charge in [0, 0.05) is 0 Å². The second-order valence-electron chi connectivity index (χ2n) is 2.78. The van der Waals surface area contributed by atoms with Gasteiger partial charge in [-0.3, -0.25) is 0 Å². The lowest BCUT2D eigenvalue weighted by molar-refractivity contribution is 0.0600. The fourth-order valence-corrected chi connectivity index (χ4v) is 0.983. The number of ether oxygens (including phenoxy) is 2. The minimum absolute atomic E-state index is 0.390. The highest BCUT2D eigenvalue weighted by atomic mass is 16.5. The number of carbonyl (C=O) groups excluding carboxylic acids is 1. The van der Waals surface area contributed by atoms with Gasteiger partial charge in [0.1, 0.15) is 5.75 Å². The van der Waals surface area contributed by atoms with E-state index in [0.29, 0.717) is 17.9 Å². The number of rotatable bonds is 4. The van der Waals surface area contributed by atoms with Crippen molar-refractivity contribution in [2.75, 3.05) is 13.7 Å². The van der Waals surface area contributed by atoms with Crippen LogP contribution in [0.25, 0.3) is 0 Å². The molecule has 0 saturated heterocycles. The molecular weight excluding hydrogens is 180 g/mol. The monoisotopic (exact) mass is 193 g/mol. The summed E-state index contributed by atoms with van der Waals surface area (Å²) < 4.78 is 9.93. The fraction of sp³-hybridized carbons (Fsp3) is 0.364. The molecule has 1 radical (unpaired) electrons. The highest BCUT2D eigenvalue weighted by Crippen LogP contribution is 2.13. The minimum Gasteiger partial charge on any atom is -0.494 e. The molecule has 0 aromatic heterocycles. The first-order valence-electron chi connectivity index (χ1n) is 4.50. The maximum Gasteiger partial charge on any atom is 0.338 e. The zero-order chi connectivity index (χ0) is 10.4. The minimum atomic E-state index is -0.396. The number of hydrogen-bond acceptors (Lipinski definition) is 3. The number of carbonyl (C=O) groups is 1. The van der Waals surface area contributed by atoms with E-state index in [4.69, 9.17) is 4.74 Å². The molecular formula is C11H13O3. The van der Waals surface area contributed by atoms with Gasteiger partial charge in [0.2, 0.25) is 0 Å². The highest BCUT2D eigenvalue weighted by Gasteiger charge is 2.05. The second-order valence-corrected chi connectivity index (χ2v) is 2.78. The van der Waals surface area contributed by atoms with Crippen molar-refractivity contribution in [2.24, 2.45) is 0 Å². The molecule has 0 unspecified atom stereocenters. The summed E-state index contributed by atoms with van der Waals surface area (Å²) in [6.45, 7) is 2.67. The number of hydrogen-bond donors (Lipinski definition) is 0. The summed E-state index contributed by atoms with van der Waals surface area (Å²) in [6.07, 6.45) is 0.937. The van der Waals surface area contributed by atoms with Crippen molar-refractivity contribution in [3.05, 3.63) is 29.8 Å². The summed E-state index contributed by atoms with van der Waals surface area (Å²) in [5.41, 5.74) is 0.390. The Morgan fingerprint density at radius 2 is 2.36 bits per heavy atom. The van der Waals surface area contributed by atoms with E-state index >= 15 is 0 Å². The molecule has 0 fully saturated rings. The predicted molar refractivity (Wildman–Crippen MR) is 52.4 cm³/mol. The maximum absolute atomic E-state index is 11.1. The smallest absolute Gasteiger partial charge is 0.338 e. The van der Waals surface area contributed by atoms with Gasteiger partial charge in [-0.05, 0) is 30.7 Å². The van der Waals surface area contributed by atoms with Crippen LogP contribution < -0.4 is 4.74 Å². The summed E-state index contributed by atoms with van der Waals surface area (Å²) >= 11 is 0. The Kier molecular flexibility index (Phi) is 3.98. The number of methoxy groups -OCH3 is 1. The number of benzene rings is 1. The molecule has 0 bridgehead atoms. The second kappa shape index (κ2) is 5.27. The van der Waals surface area contributed by atoms with Crippen LogP contribution in [0.4, 0.5) is 0 Å². The lowest BCUT2D eigenvalue weighted by Crippen LogP contribution is -2.02. The molecule has 1 aromatic carbocycles. The third-order valence-electron chi connectivity index (χ3n) is 1.65. The molecule has 14 heavy (non-hydrogen) atoms. The van der Waals surface area contributed by atoms with Gasteiger partial charge in [-0.25, -0.2) is 4.79 Å². The normalized spacial score (nSPS) is 9.57. The summed E-state index contributed by atoms with van der Waals surface area (Å²) in [5, 5.41) is 0. The Morgan fingerprint density at radius 1 is 1.57 bits per heavy atom. The molecule has 0 heterocycles. The van der Waals surface area contributed by atoms with Gasteiger partial charge >= 0.3 is 5.97 Å². The Labute approximate surface area is 83.6 Å². The van der Waals surface area contributed by atoms with Crippen LogP contribution >= 0.6 is 0 Å². The molecule has 1 rings (SSSR count). The molecule has 0 saturated carbocycles. The summed E-state index contributed by atoms with van der Waals surface area (Å²) in [4.78, 5) is 11.1. The zero-order valence-electron chi connectivity index (χ0n) is 8.37. The molecule has 0 atom stereocenters. The summed E-state index contributed by atoms with van der Waals surface area (Å²) in [6, 6.07) is 7.82. The lowest BCUT2D eigenvalue weighted by atomic mass is 10.2. The fourth-order valence-electron chi connectivity index (χ4n) is 0.983. The molecule has 75 valence electrons. The highest BCUT2D eigenvalue weighted by molar-refractivity contribution is 5.89. The van der Waals surface area contributed by atoms with Crippen LogP contribution in [0.15, 0.2) is 18.2 Å². The Balaban J connectivity index is 2.73. The lowest BCUT2D eigenvalue weighted by Gasteiger charge is -2.05. The first kappa shape index (κ1) is 10.6. The first-order chi connectivity index (χ1) is 6.77. The topological polar surface area (TPSA) is 35.5 Å². The van der Waals surface area contributed by atoms with E-state index in [1.165, 1.54) is 7.11 Å². The third-order valence-corrected chi connectivity index (χ3v) is 1.65. The van der Waals surface area contributed by atoms with Crippen molar-refractivity contribution in [3.8, 4) is 5.75 Å². The molecule has 0 N–H and O–H groups in total. The van der Waals surface area contributed by atoms with E-state index in [1.807, 2.05) is 6.92 Å². The molecule has 0 aliphatic rings. The molecule has 3 nitrogen and oxygen atoms in total. The summed E-state index contributed by atoms with van der Waals surface area (Å²) in [7, 11) is 1.34. The zero-order valence-corrected chi connectivity index (χ0v) is 8.37.